The first-order valence-corrected chi connectivity index (χ1v) is 5.92. The summed E-state index contributed by atoms with van der Waals surface area (Å²) < 4.78 is 26.3. The highest BCUT2D eigenvalue weighted by Gasteiger charge is 2.07. The van der Waals surface area contributed by atoms with Crippen molar-refractivity contribution in [2.45, 2.75) is 10.6 Å². The van der Waals surface area contributed by atoms with Gasteiger partial charge in [0, 0.05) is 22.4 Å². The summed E-state index contributed by atoms with van der Waals surface area (Å²) >= 11 is 1.38. The van der Waals surface area contributed by atoms with Crippen molar-refractivity contribution >= 4 is 17.6 Å². The van der Waals surface area contributed by atoms with Crippen molar-refractivity contribution in [2.24, 2.45) is 0 Å². The second-order valence-corrected chi connectivity index (χ2v) is 4.47. The van der Waals surface area contributed by atoms with Crippen molar-refractivity contribution in [1.82, 2.24) is 4.98 Å². The fraction of sp³-hybridized carbons (Fsp3) is 0.0833. The molecule has 2 aromatic rings. The van der Waals surface area contributed by atoms with Crippen molar-refractivity contribution in [3.05, 3.63) is 53.7 Å². The van der Waals surface area contributed by atoms with E-state index in [1.165, 1.54) is 17.8 Å². The minimum atomic E-state index is -0.821. The van der Waals surface area contributed by atoms with Crippen LogP contribution in [-0.2, 0) is 5.75 Å². The summed E-state index contributed by atoms with van der Waals surface area (Å²) in [5.41, 5.74) is 5.79. The number of hydrogen-bond donors (Lipinski definition) is 1. The summed E-state index contributed by atoms with van der Waals surface area (Å²) in [4.78, 5) is 4.78. The van der Waals surface area contributed by atoms with Crippen LogP contribution in [0.4, 0.5) is 14.6 Å². The van der Waals surface area contributed by atoms with Crippen LogP contribution >= 0.6 is 11.8 Å². The fourth-order valence-corrected chi connectivity index (χ4v) is 2.13. The molecule has 0 saturated carbocycles. The van der Waals surface area contributed by atoms with Crippen molar-refractivity contribution in [2.75, 3.05) is 5.73 Å². The number of aromatic nitrogens is 1. The maximum Gasteiger partial charge on any atom is 0.162 e. The zero-order chi connectivity index (χ0) is 12.3. The van der Waals surface area contributed by atoms with Crippen LogP contribution in [0, 0.1) is 11.6 Å². The van der Waals surface area contributed by atoms with Crippen LogP contribution in [-0.4, -0.2) is 4.98 Å². The number of benzene rings is 1. The van der Waals surface area contributed by atoms with Crippen molar-refractivity contribution in [3.63, 3.8) is 0 Å². The van der Waals surface area contributed by atoms with Crippen LogP contribution in [0.1, 0.15) is 5.56 Å². The van der Waals surface area contributed by atoms with Gasteiger partial charge < -0.3 is 5.73 Å². The third-order valence-electron chi connectivity index (χ3n) is 2.19. The van der Waals surface area contributed by atoms with E-state index in [0.717, 1.165) is 11.0 Å². The molecule has 0 radical (unpaired) electrons. The lowest BCUT2D eigenvalue weighted by molar-refractivity contribution is 0.502. The molecule has 0 bridgehead atoms. The van der Waals surface area contributed by atoms with Gasteiger partial charge in [-0.05, 0) is 18.2 Å². The Balaban J connectivity index is 2.07. The van der Waals surface area contributed by atoms with Gasteiger partial charge in [-0.1, -0.05) is 12.1 Å². The minimum absolute atomic E-state index is 0.340. The molecule has 0 unspecified atom stereocenters. The van der Waals surface area contributed by atoms with E-state index in [0.29, 0.717) is 17.1 Å². The lowest BCUT2D eigenvalue weighted by Crippen LogP contribution is -1.92. The molecule has 0 amide bonds. The molecule has 88 valence electrons. The second kappa shape index (κ2) is 5.14. The Morgan fingerprint density at radius 3 is 2.71 bits per heavy atom. The van der Waals surface area contributed by atoms with Gasteiger partial charge in [-0.3, -0.25) is 0 Å². The number of pyridine rings is 1. The highest BCUT2D eigenvalue weighted by Crippen LogP contribution is 2.24. The maximum absolute atomic E-state index is 13.3. The molecule has 2 N–H and O–H groups in total. The van der Waals surface area contributed by atoms with E-state index in [2.05, 4.69) is 4.98 Å². The monoisotopic (exact) mass is 252 g/mol. The summed E-state index contributed by atoms with van der Waals surface area (Å²) in [7, 11) is 0. The molecule has 0 aliphatic heterocycles. The number of hydrogen-bond acceptors (Lipinski definition) is 3. The summed E-state index contributed by atoms with van der Waals surface area (Å²) in [6.07, 6.45) is 1.61. The highest BCUT2D eigenvalue weighted by molar-refractivity contribution is 7.98. The van der Waals surface area contributed by atoms with Crippen LogP contribution in [0.5, 0.6) is 0 Å². The van der Waals surface area contributed by atoms with Gasteiger partial charge in [0.2, 0.25) is 0 Å². The number of nitrogens with two attached hydrogens (primary N) is 1. The van der Waals surface area contributed by atoms with Gasteiger partial charge in [0.1, 0.15) is 5.82 Å². The average Bonchev–Trinajstić information content (AvgIpc) is 2.33. The fourth-order valence-electron chi connectivity index (χ4n) is 1.30. The van der Waals surface area contributed by atoms with Crippen LogP contribution in [0.25, 0.3) is 0 Å². The Bertz CT molecular complexity index is 514. The van der Waals surface area contributed by atoms with Gasteiger partial charge in [0.15, 0.2) is 11.6 Å². The number of anilines is 1. The molecule has 17 heavy (non-hydrogen) atoms. The molecular formula is C12H10F2N2S. The molecule has 0 spiro atoms. The minimum Gasteiger partial charge on any atom is -0.384 e. The highest BCUT2D eigenvalue weighted by atomic mass is 32.2. The van der Waals surface area contributed by atoms with Gasteiger partial charge in [-0.2, -0.15) is 0 Å². The smallest absolute Gasteiger partial charge is 0.162 e. The van der Waals surface area contributed by atoms with Crippen LogP contribution < -0.4 is 5.73 Å². The quantitative estimate of drug-likeness (QED) is 0.852. The predicted octanol–water partition coefficient (Wildman–Crippen LogP) is 3.23. The number of halogens is 2. The van der Waals surface area contributed by atoms with E-state index in [-0.39, 0.29) is 0 Å². The van der Waals surface area contributed by atoms with Gasteiger partial charge in [-0.25, -0.2) is 13.8 Å². The second-order valence-electron chi connectivity index (χ2n) is 3.42. The molecule has 0 aliphatic carbocycles. The third kappa shape index (κ3) is 2.94. The summed E-state index contributed by atoms with van der Waals surface area (Å²) in [5, 5.41) is 0. The Morgan fingerprint density at radius 1 is 1.18 bits per heavy atom. The standard InChI is InChI=1S/C12H10F2N2S/c13-10-3-1-2-8(12(10)14)7-17-9-4-5-11(15)16-6-9/h1-6H,7H2,(H2,15,16). The number of nitrogen functional groups attached to an aromatic ring is 1. The zero-order valence-electron chi connectivity index (χ0n) is 8.86. The molecule has 0 aliphatic rings. The molecular weight excluding hydrogens is 242 g/mol. The lowest BCUT2D eigenvalue weighted by Gasteiger charge is -2.04. The molecule has 5 heteroatoms. The Morgan fingerprint density at radius 2 is 2.00 bits per heavy atom. The average molecular weight is 252 g/mol. The molecule has 1 aromatic heterocycles. The van der Waals surface area contributed by atoms with Gasteiger partial charge in [-0.15, -0.1) is 11.8 Å². The first-order valence-electron chi connectivity index (χ1n) is 4.94. The Labute approximate surface area is 102 Å². The first kappa shape index (κ1) is 11.9. The predicted molar refractivity (Wildman–Crippen MR) is 64.6 cm³/mol. The Hall–Kier alpha value is -1.62. The third-order valence-corrected chi connectivity index (χ3v) is 3.22. The van der Waals surface area contributed by atoms with E-state index < -0.39 is 11.6 Å². The Kier molecular flexibility index (Phi) is 3.58. The SMILES string of the molecule is Nc1ccc(SCc2cccc(F)c2F)cn1. The van der Waals surface area contributed by atoms with Gasteiger partial charge in [0.05, 0.1) is 0 Å². The molecule has 1 aromatic carbocycles. The molecule has 0 atom stereocenters. The van der Waals surface area contributed by atoms with E-state index in [1.54, 1.807) is 24.4 Å². The molecule has 0 saturated heterocycles. The van der Waals surface area contributed by atoms with Gasteiger partial charge >= 0.3 is 0 Å². The van der Waals surface area contributed by atoms with E-state index >= 15 is 0 Å². The van der Waals surface area contributed by atoms with Crippen LogP contribution in [0.3, 0.4) is 0 Å². The maximum atomic E-state index is 13.3. The van der Waals surface area contributed by atoms with E-state index in [1.807, 2.05) is 0 Å². The zero-order valence-corrected chi connectivity index (χ0v) is 9.68. The number of rotatable bonds is 3. The topological polar surface area (TPSA) is 38.9 Å². The number of nitrogens with zero attached hydrogens (tertiary/aromatic N) is 1. The van der Waals surface area contributed by atoms with E-state index in [4.69, 9.17) is 5.73 Å². The first-order chi connectivity index (χ1) is 8.16. The normalized spacial score (nSPS) is 10.5. The number of thioether (sulfide) groups is 1. The molecule has 2 rings (SSSR count). The summed E-state index contributed by atoms with van der Waals surface area (Å²) in [6, 6.07) is 7.63. The summed E-state index contributed by atoms with van der Waals surface area (Å²) in [5.74, 6) is -0.817. The molecule has 2 nitrogen and oxygen atoms in total. The molecule has 1 heterocycles. The largest absolute Gasteiger partial charge is 0.384 e. The van der Waals surface area contributed by atoms with Crippen molar-refractivity contribution in [3.8, 4) is 0 Å². The lowest BCUT2D eigenvalue weighted by atomic mass is 10.2. The van der Waals surface area contributed by atoms with E-state index in [9.17, 15) is 8.78 Å². The summed E-state index contributed by atoms with van der Waals surface area (Å²) in [6.45, 7) is 0. The van der Waals surface area contributed by atoms with Crippen molar-refractivity contribution in [1.29, 1.82) is 0 Å². The van der Waals surface area contributed by atoms with Crippen LogP contribution in [0.15, 0.2) is 41.4 Å². The van der Waals surface area contributed by atoms with Crippen molar-refractivity contribution < 1.29 is 8.78 Å². The molecule has 0 fully saturated rings. The van der Waals surface area contributed by atoms with Gasteiger partial charge in [0.25, 0.3) is 0 Å². The van der Waals surface area contributed by atoms with Crippen LogP contribution in [0.2, 0.25) is 0 Å².